The molecule has 4 aliphatic rings. The molecule has 14 heteroatoms. The van der Waals surface area contributed by atoms with E-state index in [1.165, 1.54) is 7.11 Å². The number of anilines is 4. The van der Waals surface area contributed by atoms with Crippen molar-refractivity contribution in [3.63, 3.8) is 0 Å². The first kappa shape index (κ1) is 31.3. The maximum atomic E-state index is 12.9. The molecule has 2 unspecified atom stereocenters. The highest BCUT2D eigenvalue weighted by Crippen LogP contribution is 2.39. The molecule has 3 amide bonds. The number of fused-ring (bicyclic) bond motifs is 3. The first-order valence-corrected chi connectivity index (χ1v) is 17.2. The second-order valence-electron chi connectivity index (χ2n) is 13.2. The highest BCUT2D eigenvalue weighted by atomic mass is 16.5. The number of urea groups is 1. The van der Waals surface area contributed by atoms with Crippen molar-refractivity contribution in [2.24, 2.45) is 0 Å². The van der Waals surface area contributed by atoms with Crippen LogP contribution >= 0.6 is 0 Å². The second kappa shape index (κ2) is 13.5. The fraction of sp³-hybridized carbons (Fsp3) is 0.457. The Morgan fingerprint density at radius 1 is 0.837 bits per heavy atom. The quantitative estimate of drug-likeness (QED) is 0.273. The molecule has 0 radical (unpaired) electrons. The number of carbonyl (C=O) groups excluding carboxylic acids is 2. The molecule has 0 aliphatic carbocycles. The zero-order valence-electron chi connectivity index (χ0n) is 27.7. The number of amides is 3. The van der Waals surface area contributed by atoms with E-state index in [1.54, 1.807) is 4.90 Å². The smallest absolute Gasteiger partial charge is 0.409 e. The second-order valence-corrected chi connectivity index (χ2v) is 13.2. The lowest BCUT2D eigenvalue weighted by atomic mass is 10.1. The van der Waals surface area contributed by atoms with Gasteiger partial charge in [-0.1, -0.05) is 0 Å². The van der Waals surface area contributed by atoms with E-state index in [1.807, 2.05) is 59.4 Å². The molecule has 3 N–H and O–H groups in total. The van der Waals surface area contributed by atoms with Crippen LogP contribution in [-0.2, 0) is 9.47 Å². The highest BCUT2D eigenvalue weighted by molar-refractivity contribution is 6.00. The Balaban J connectivity index is 1.02. The average molecular weight is 667 g/mol. The summed E-state index contributed by atoms with van der Waals surface area (Å²) in [6, 6.07) is 15.9. The monoisotopic (exact) mass is 666 g/mol. The molecular weight excluding hydrogens is 624 g/mol. The zero-order valence-corrected chi connectivity index (χ0v) is 27.7. The number of ether oxygens (including phenoxy) is 2. The molecule has 4 saturated heterocycles. The van der Waals surface area contributed by atoms with E-state index in [-0.39, 0.29) is 30.2 Å². The van der Waals surface area contributed by atoms with Crippen LogP contribution in [0.15, 0.2) is 54.7 Å². The van der Waals surface area contributed by atoms with Crippen LogP contribution in [0.4, 0.5) is 32.5 Å². The number of piperazine rings is 1. The van der Waals surface area contributed by atoms with Crippen molar-refractivity contribution in [1.82, 2.24) is 30.0 Å². The standard InChI is InChI=1S/C35H42N10O4/c1-48-35(47)43-16-12-27(13-17-43)45-33-30(20-37-45)32(44-28-10-11-29(44)22-49-21-28)40-31(41-33)23-2-4-24(5-3-23)38-34(46)39-25-6-8-26(9-7-25)42-18-14-36-15-19-42/h2-9,20,27-29,36H,10-19,21-22H2,1H3,(H2,38,39,46). The van der Waals surface area contributed by atoms with Crippen LogP contribution in [0.25, 0.3) is 22.4 Å². The molecule has 14 nitrogen and oxygen atoms in total. The average Bonchev–Trinajstić information content (AvgIpc) is 3.68. The number of benzene rings is 2. The maximum Gasteiger partial charge on any atom is 0.409 e. The van der Waals surface area contributed by atoms with E-state index in [2.05, 4.69) is 25.8 Å². The van der Waals surface area contributed by atoms with Gasteiger partial charge < -0.3 is 40.1 Å². The third-order valence-electron chi connectivity index (χ3n) is 10.2. The summed E-state index contributed by atoms with van der Waals surface area (Å²) in [5.74, 6) is 1.49. The number of methoxy groups -OCH3 is 1. The van der Waals surface area contributed by atoms with E-state index >= 15 is 0 Å². The number of morpholine rings is 1. The third-order valence-corrected chi connectivity index (χ3v) is 10.2. The minimum Gasteiger partial charge on any atom is -0.453 e. The number of hydrogen-bond donors (Lipinski definition) is 3. The van der Waals surface area contributed by atoms with Gasteiger partial charge in [-0.2, -0.15) is 5.10 Å². The van der Waals surface area contributed by atoms with Crippen molar-refractivity contribution in [2.45, 2.75) is 43.8 Å². The lowest BCUT2D eigenvalue weighted by Crippen LogP contribution is -2.46. The number of likely N-dealkylation sites (tertiary alicyclic amines) is 1. The summed E-state index contributed by atoms with van der Waals surface area (Å²) in [4.78, 5) is 41.7. The zero-order chi connectivity index (χ0) is 33.3. The van der Waals surface area contributed by atoms with Gasteiger partial charge in [0.2, 0.25) is 0 Å². The molecule has 2 atom stereocenters. The summed E-state index contributed by atoms with van der Waals surface area (Å²) >= 11 is 0. The van der Waals surface area contributed by atoms with Gasteiger partial charge in [0.05, 0.1) is 50.0 Å². The fourth-order valence-electron chi connectivity index (χ4n) is 7.58. The van der Waals surface area contributed by atoms with E-state index in [0.29, 0.717) is 37.8 Å². The van der Waals surface area contributed by atoms with Crippen molar-refractivity contribution in [1.29, 1.82) is 0 Å². The lowest BCUT2D eigenvalue weighted by Gasteiger charge is -2.36. The van der Waals surface area contributed by atoms with Gasteiger partial charge in [-0.25, -0.2) is 24.2 Å². The van der Waals surface area contributed by atoms with Crippen LogP contribution in [0.5, 0.6) is 0 Å². The van der Waals surface area contributed by atoms with Gasteiger partial charge in [0.1, 0.15) is 5.82 Å². The van der Waals surface area contributed by atoms with Crippen molar-refractivity contribution in [3.8, 4) is 11.4 Å². The number of carbonyl (C=O) groups is 2. The first-order valence-electron chi connectivity index (χ1n) is 17.2. The Bertz CT molecular complexity index is 1780. The van der Waals surface area contributed by atoms with Crippen molar-refractivity contribution < 1.29 is 19.1 Å². The van der Waals surface area contributed by atoms with Crippen molar-refractivity contribution in [3.05, 3.63) is 54.7 Å². The minimum atomic E-state index is -0.312. The SMILES string of the molecule is COC(=O)N1CCC(n2ncc3c(N4C5CCC4COC5)nc(-c4ccc(NC(=O)Nc5ccc(N6CCNCC6)cc5)cc4)nc32)CC1. The van der Waals surface area contributed by atoms with E-state index in [0.717, 1.165) is 85.7 Å². The summed E-state index contributed by atoms with van der Waals surface area (Å²) in [6.07, 6.45) is 5.23. The minimum absolute atomic E-state index is 0.0961. The number of piperidine rings is 1. The normalized spacial score (nSPS) is 21.2. The molecule has 49 heavy (non-hydrogen) atoms. The molecule has 2 bridgehead atoms. The number of aromatic nitrogens is 4. The molecule has 0 saturated carbocycles. The van der Waals surface area contributed by atoms with Crippen molar-refractivity contribution in [2.75, 3.05) is 80.0 Å². The maximum absolute atomic E-state index is 12.9. The summed E-state index contributed by atoms with van der Waals surface area (Å²) < 4.78 is 12.8. The molecule has 0 spiro atoms. The third kappa shape index (κ3) is 6.33. The Kier molecular flexibility index (Phi) is 8.64. The van der Waals surface area contributed by atoms with Gasteiger partial charge in [-0.3, -0.25) is 0 Å². The summed E-state index contributed by atoms with van der Waals surface area (Å²) in [5.41, 5.74) is 4.17. The van der Waals surface area contributed by atoms with Crippen LogP contribution in [0.2, 0.25) is 0 Å². The molecule has 8 rings (SSSR count). The molecule has 4 fully saturated rings. The molecule has 256 valence electrons. The molecular formula is C35H42N10O4. The topological polar surface area (TPSA) is 142 Å². The molecule has 4 aromatic rings. The Morgan fingerprint density at radius 2 is 1.49 bits per heavy atom. The van der Waals surface area contributed by atoms with Gasteiger partial charge in [0, 0.05) is 61.9 Å². The lowest BCUT2D eigenvalue weighted by molar-refractivity contribution is 0.0904. The van der Waals surface area contributed by atoms with E-state index in [4.69, 9.17) is 24.5 Å². The predicted octanol–water partition coefficient (Wildman–Crippen LogP) is 4.32. The van der Waals surface area contributed by atoms with E-state index < -0.39 is 0 Å². The van der Waals surface area contributed by atoms with Crippen LogP contribution in [-0.4, -0.2) is 108 Å². The number of nitrogens with zero attached hydrogens (tertiary/aromatic N) is 7. The van der Waals surface area contributed by atoms with Gasteiger partial charge >= 0.3 is 12.1 Å². The van der Waals surface area contributed by atoms with Gasteiger partial charge in [-0.05, 0) is 74.2 Å². The Labute approximate surface area is 284 Å². The van der Waals surface area contributed by atoms with Gasteiger partial charge in [0.25, 0.3) is 0 Å². The fourth-order valence-corrected chi connectivity index (χ4v) is 7.58. The Hall–Kier alpha value is -4.95. The predicted molar refractivity (Wildman–Crippen MR) is 187 cm³/mol. The number of nitrogens with one attached hydrogen (secondary N) is 3. The largest absolute Gasteiger partial charge is 0.453 e. The van der Waals surface area contributed by atoms with Crippen LogP contribution in [0.1, 0.15) is 31.7 Å². The molecule has 2 aromatic heterocycles. The van der Waals surface area contributed by atoms with E-state index in [9.17, 15) is 9.59 Å². The van der Waals surface area contributed by atoms with Crippen LogP contribution in [0.3, 0.4) is 0 Å². The summed E-state index contributed by atoms with van der Waals surface area (Å²) in [6.45, 7) is 6.45. The summed E-state index contributed by atoms with van der Waals surface area (Å²) in [7, 11) is 1.42. The molecule has 6 heterocycles. The van der Waals surface area contributed by atoms with Gasteiger partial charge in [-0.15, -0.1) is 0 Å². The highest BCUT2D eigenvalue weighted by Gasteiger charge is 2.40. The first-order chi connectivity index (χ1) is 24.0. The van der Waals surface area contributed by atoms with Crippen LogP contribution in [0, 0.1) is 0 Å². The van der Waals surface area contributed by atoms with Gasteiger partial charge in [0.15, 0.2) is 11.5 Å². The molecule has 4 aliphatic heterocycles. The number of hydrogen-bond acceptors (Lipinski definition) is 10. The summed E-state index contributed by atoms with van der Waals surface area (Å²) in [5, 5.41) is 15.0. The number of rotatable bonds is 6. The van der Waals surface area contributed by atoms with Crippen LogP contribution < -0.4 is 25.8 Å². The Morgan fingerprint density at radius 3 is 2.14 bits per heavy atom. The molecule has 2 aromatic carbocycles. The van der Waals surface area contributed by atoms with Crippen molar-refractivity contribution >= 4 is 46.0 Å².